The van der Waals surface area contributed by atoms with Crippen LogP contribution in [0.1, 0.15) is 46.5 Å². The molecule has 162 valence electrons. The molecule has 0 unspecified atom stereocenters. The third-order valence-corrected chi connectivity index (χ3v) is 6.38. The molecule has 0 aliphatic carbocycles. The highest BCUT2D eigenvalue weighted by Crippen LogP contribution is 2.33. The van der Waals surface area contributed by atoms with Gasteiger partial charge in [0.25, 0.3) is 5.91 Å². The molecule has 0 spiro atoms. The smallest absolute Gasteiger partial charge is 0.253 e. The van der Waals surface area contributed by atoms with Crippen molar-refractivity contribution in [1.29, 1.82) is 0 Å². The summed E-state index contributed by atoms with van der Waals surface area (Å²) in [7, 11) is 1.99. The number of aryl methyl sites for hydroxylation is 3. The Balaban J connectivity index is 1.44. The SMILES string of the molecule is Cc1ncc(-c2ccncc2)c([C@H]2CCCN(C(=O)c3ccc4c(c3)nc(C)n4C)C2)n1. The molecule has 7 nitrogen and oxygen atoms in total. The van der Waals surface area contributed by atoms with Gasteiger partial charge in [-0.05, 0) is 62.6 Å². The number of hydrogen-bond acceptors (Lipinski definition) is 5. The van der Waals surface area contributed by atoms with E-state index in [1.54, 1.807) is 12.4 Å². The predicted octanol–water partition coefficient (Wildman–Crippen LogP) is 4.06. The van der Waals surface area contributed by atoms with Crippen molar-refractivity contribution in [2.75, 3.05) is 13.1 Å². The Kier molecular flexibility index (Phi) is 5.17. The Morgan fingerprint density at radius 1 is 1.09 bits per heavy atom. The minimum atomic E-state index is 0.0520. The molecule has 32 heavy (non-hydrogen) atoms. The number of hydrogen-bond donors (Lipinski definition) is 0. The average Bonchev–Trinajstić information content (AvgIpc) is 3.12. The lowest BCUT2D eigenvalue weighted by Crippen LogP contribution is -2.39. The molecule has 7 heteroatoms. The Morgan fingerprint density at radius 2 is 1.91 bits per heavy atom. The molecule has 0 N–H and O–H groups in total. The molecule has 1 aliphatic rings. The second-order valence-corrected chi connectivity index (χ2v) is 8.46. The first-order valence-electron chi connectivity index (χ1n) is 11.0. The Bertz CT molecular complexity index is 1300. The highest BCUT2D eigenvalue weighted by atomic mass is 16.2. The van der Waals surface area contributed by atoms with Gasteiger partial charge >= 0.3 is 0 Å². The zero-order valence-corrected chi connectivity index (χ0v) is 18.6. The lowest BCUT2D eigenvalue weighted by molar-refractivity contribution is 0.0706. The highest BCUT2D eigenvalue weighted by molar-refractivity contribution is 5.97. The molecule has 4 heterocycles. The number of fused-ring (bicyclic) bond motifs is 1. The quantitative estimate of drug-likeness (QED) is 0.494. The number of rotatable bonds is 3. The van der Waals surface area contributed by atoms with E-state index in [0.29, 0.717) is 12.1 Å². The summed E-state index contributed by atoms with van der Waals surface area (Å²) in [6.45, 7) is 5.28. The van der Waals surface area contributed by atoms with E-state index < -0.39 is 0 Å². The summed E-state index contributed by atoms with van der Waals surface area (Å²) >= 11 is 0. The first kappa shape index (κ1) is 20.3. The zero-order valence-electron chi connectivity index (χ0n) is 18.6. The number of likely N-dealkylation sites (tertiary alicyclic amines) is 1. The van der Waals surface area contributed by atoms with E-state index in [1.165, 1.54) is 0 Å². The molecule has 1 saturated heterocycles. The van der Waals surface area contributed by atoms with Gasteiger partial charge in [0.15, 0.2) is 0 Å². The lowest BCUT2D eigenvalue weighted by atomic mass is 9.89. The van der Waals surface area contributed by atoms with E-state index >= 15 is 0 Å². The summed E-state index contributed by atoms with van der Waals surface area (Å²) in [4.78, 5) is 33.3. The van der Waals surface area contributed by atoms with Gasteiger partial charge in [-0.3, -0.25) is 9.78 Å². The summed E-state index contributed by atoms with van der Waals surface area (Å²) in [5.41, 5.74) is 5.66. The number of pyridine rings is 1. The minimum absolute atomic E-state index is 0.0520. The fraction of sp³-hybridized carbons (Fsp3) is 0.320. The first-order valence-corrected chi connectivity index (χ1v) is 11.0. The summed E-state index contributed by atoms with van der Waals surface area (Å²) in [5, 5.41) is 0. The molecule has 1 amide bonds. The highest BCUT2D eigenvalue weighted by Gasteiger charge is 2.28. The monoisotopic (exact) mass is 426 g/mol. The number of benzene rings is 1. The van der Waals surface area contributed by atoms with Crippen molar-refractivity contribution in [3.05, 3.63) is 71.8 Å². The van der Waals surface area contributed by atoms with Gasteiger partial charge in [0, 0.05) is 55.8 Å². The van der Waals surface area contributed by atoms with E-state index in [2.05, 4.69) is 15.0 Å². The maximum Gasteiger partial charge on any atom is 0.253 e. The third kappa shape index (κ3) is 3.64. The molecular formula is C25H26N6O. The van der Waals surface area contributed by atoms with Crippen molar-refractivity contribution in [2.24, 2.45) is 7.05 Å². The van der Waals surface area contributed by atoms with Crippen LogP contribution in [-0.2, 0) is 7.05 Å². The number of amides is 1. The number of aromatic nitrogens is 5. The molecule has 3 aromatic heterocycles. The van der Waals surface area contributed by atoms with Crippen LogP contribution >= 0.6 is 0 Å². The van der Waals surface area contributed by atoms with Gasteiger partial charge in [0.2, 0.25) is 0 Å². The van der Waals surface area contributed by atoms with Crippen LogP contribution in [0, 0.1) is 13.8 Å². The van der Waals surface area contributed by atoms with E-state index in [4.69, 9.17) is 4.98 Å². The van der Waals surface area contributed by atoms with Gasteiger partial charge in [0.05, 0.1) is 16.7 Å². The van der Waals surface area contributed by atoms with Crippen LogP contribution in [-0.4, -0.2) is 48.4 Å². The van der Waals surface area contributed by atoms with Crippen molar-refractivity contribution in [2.45, 2.75) is 32.6 Å². The summed E-state index contributed by atoms with van der Waals surface area (Å²) in [5.74, 6) is 1.90. The molecule has 1 aromatic carbocycles. The summed E-state index contributed by atoms with van der Waals surface area (Å²) in [6.07, 6.45) is 7.40. The van der Waals surface area contributed by atoms with E-state index in [-0.39, 0.29) is 11.8 Å². The maximum atomic E-state index is 13.4. The second-order valence-electron chi connectivity index (χ2n) is 8.46. The van der Waals surface area contributed by atoms with Crippen LogP contribution in [0.3, 0.4) is 0 Å². The van der Waals surface area contributed by atoms with Crippen molar-refractivity contribution in [3.63, 3.8) is 0 Å². The second kappa shape index (κ2) is 8.15. The van der Waals surface area contributed by atoms with Crippen LogP contribution in [0.4, 0.5) is 0 Å². The fourth-order valence-corrected chi connectivity index (χ4v) is 4.57. The Labute approximate surface area is 187 Å². The largest absolute Gasteiger partial charge is 0.338 e. The molecule has 0 saturated carbocycles. The molecule has 4 aromatic rings. The van der Waals surface area contributed by atoms with Crippen LogP contribution in [0.2, 0.25) is 0 Å². The van der Waals surface area contributed by atoms with Crippen LogP contribution < -0.4 is 0 Å². The third-order valence-electron chi connectivity index (χ3n) is 6.38. The number of nitrogens with zero attached hydrogens (tertiary/aromatic N) is 6. The van der Waals surface area contributed by atoms with E-state index in [9.17, 15) is 4.79 Å². The summed E-state index contributed by atoms with van der Waals surface area (Å²) < 4.78 is 2.04. The number of carbonyl (C=O) groups is 1. The lowest BCUT2D eigenvalue weighted by Gasteiger charge is -2.33. The molecule has 1 atom stereocenters. The number of imidazole rings is 1. The Morgan fingerprint density at radius 3 is 2.72 bits per heavy atom. The van der Waals surface area contributed by atoms with Gasteiger partial charge < -0.3 is 9.47 Å². The standard InChI is InChI=1S/C25H26N6O/c1-16-27-14-21(18-8-10-26-11-9-18)24(28-16)20-5-4-12-31(15-20)25(32)19-6-7-23-22(13-19)29-17(2)30(23)3/h6-11,13-14,20H,4-5,12,15H2,1-3H3/t20-/m0/s1. The van der Waals surface area contributed by atoms with Crippen molar-refractivity contribution >= 4 is 16.9 Å². The molecule has 0 radical (unpaired) electrons. The van der Waals surface area contributed by atoms with Crippen LogP contribution in [0.25, 0.3) is 22.2 Å². The van der Waals surface area contributed by atoms with Crippen molar-refractivity contribution in [1.82, 2.24) is 29.4 Å². The topological polar surface area (TPSA) is 76.8 Å². The maximum absolute atomic E-state index is 13.4. The first-order chi connectivity index (χ1) is 15.5. The molecule has 5 rings (SSSR count). The normalized spacial score (nSPS) is 16.5. The minimum Gasteiger partial charge on any atom is -0.338 e. The average molecular weight is 427 g/mol. The van der Waals surface area contributed by atoms with Crippen LogP contribution in [0.5, 0.6) is 0 Å². The van der Waals surface area contributed by atoms with Crippen LogP contribution in [0.15, 0.2) is 48.9 Å². The molecular weight excluding hydrogens is 400 g/mol. The van der Waals surface area contributed by atoms with Gasteiger partial charge in [0.1, 0.15) is 11.6 Å². The fourth-order valence-electron chi connectivity index (χ4n) is 4.57. The van der Waals surface area contributed by atoms with Gasteiger partial charge in [-0.2, -0.15) is 0 Å². The van der Waals surface area contributed by atoms with E-state index in [1.807, 2.05) is 66.9 Å². The van der Waals surface area contributed by atoms with Crippen molar-refractivity contribution in [3.8, 4) is 11.1 Å². The number of carbonyl (C=O) groups excluding carboxylic acids is 1. The zero-order chi connectivity index (χ0) is 22.2. The van der Waals surface area contributed by atoms with E-state index in [0.717, 1.165) is 58.9 Å². The summed E-state index contributed by atoms with van der Waals surface area (Å²) in [6, 6.07) is 9.76. The molecule has 1 fully saturated rings. The van der Waals surface area contributed by atoms with Crippen molar-refractivity contribution < 1.29 is 4.79 Å². The predicted molar refractivity (Wildman–Crippen MR) is 123 cm³/mol. The van der Waals surface area contributed by atoms with Gasteiger partial charge in [-0.25, -0.2) is 15.0 Å². The number of piperidine rings is 1. The van der Waals surface area contributed by atoms with Gasteiger partial charge in [-0.1, -0.05) is 0 Å². The Hall–Kier alpha value is -3.61. The van der Waals surface area contributed by atoms with Gasteiger partial charge in [-0.15, -0.1) is 0 Å². The molecule has 0 bridgehead atoms. The molecule has 1 aliphatic heterocycles.